The van der Waals surface area contributed by atoms with E-state index in [0.717, 1.165) is 28.5 Å². The maximum Gasteiger partial charge on any atom is 0.228 e. The number of benzene rings is 1. The lowest BCUT2D eigenvalue weighted by atomic mass is 9.86. The molecule has 0 saturated heterocycles. The minimum Gasteiger partial charge on any atom is -0.397 e. The van der Waals surface area contributed by atoms with E-state index in [9.17, 15) is 4.79 Å². The lowest BCUT2D eigenvalue weighted by Crippen LogP contribution is -2.35. The van der Waals surface area contributed by atoms with Crippen molar-refractivity contribution in [3.63, 3.8) is 0 Å². The predicted octanol–water partition coefficient (Wildman–Crippen LogP) is 2.78. The quantitative estimate of drug-likeness (QED) is 0.815. The third-order valence-electron chi connectivity index (χ3n) is 4.79. The van der Waals surface area contributed by atoms with Crippen molar-refractivity contribution in [1.29, 1.82) is 0 Å². The Balaban J connectivity index is 1.83. The van der Waals surface area contributed by atoms with Crippen LogP contribution in [0.25, 0.3) is 0 Å². The van der Waals surface area contributed by atoms with E-state index in [0.29, 0.717) is 12.5 Å². The van der Waals surface area contributed by atoms with Crippen LogP contribution in [-0.4, -0.2) is 19.0 Å². The zero-order valence-corrected chi connectivity index (χ0v) is 12.3. The standard InChI is InChI=1S/C16H23N3O/c1-10-3-5-12(6-4-10)19(2)15-9-14-11(7-13(15)17)8-16(20)18-14/h7,9-10,12H,3-6,8,17H2,1-2H3,(H,18,20). The van der Waals surface area contributed by atoms with Crippen LogP contribution in [0.4, 0.5) is 17.1 Å². The molecular formula is C16H23N3O. The van der Waals surface area contributed by atoms with Crippen LogP contribution in [0.15, 0.2) is 12.1 Å². The number of nitrogens with two attached hydrogens (primary N) is 1. The normalized spacial score (nSPS) is 25.2. The van der Waals surface area contributed by atoms with E-state index in [2.05, 4.69) is 24.2 Å². The number of nitrogen functional groups attached to an aromatic ring is 1. The number of hydrogen-bond donors (Lipinski definition) is 2. The number of fused-ring (bicyclic) bond motifs is 1. The summed E-state index contributed by atoms with van der Waals surface area (Å²) in [6.45, 7) is 2.33. The summed E-state index contributed by atoms with van der Waals surface area (Å²) in [7, 11) is 2.12. The van der Waals surface area contributed by atoms with Crippen molar-refractivity contribution in [1.82, 2.24) is 0 Å². The van der Waals surface area contributed by atoms with Crippen LogP contribution in [0.3, 0.4) is 0 Å². The van der Waals surface area contributed by atoms with E-state index in [-0.39, 0.29) is 5.91 Å². The van der Waals surface area contributed by atoms with Gasteiger partial charge < -0.3 is 16.0 Å². The molecule has 4 nitrogen and oxygen atoms in total. The second-order valence-electron chi connectivity index (χ2n) is 6.32. The average Bonchev–Trinajstić information content (AvgIpc) is 2.77. The Hall–Kier alpha value is -1.71. The molecule has 1 heterocycles. The molecular weight excluding hydrogens is 250 g/mol. The van der Waals surface area contributed by atoms with E-state index in [1.165, 1.54) is 25.7 Å². The van der Waals surface area contributed by atoms with Gasteiger partial charge in [-0.2, -0.15) is 0 Å². The molecule has 0 unspecified atom stereocenters. The highest BCUT2D eigenvalue weighted by Crippen LogP contribution is 2.36. The summed E-state index contributed by atoms with van der Waals surface area (Å²) in [5, 5.41) is 2.91. The molecule has 1 aliphatic carbocycles. The Morgan fingerprint density at radius 3 is 2.65 bits per heavy atom. The minimum atomic E-state index is 0.0608. The second kappa shape index (κ2) is 5.00. The highest BCUT2D eigenvalue weighted by molar-refractivity contribution is 6.00. The molecule has 2 aliphatic rings. The van der Waals surface area contributed by atoms with Gasteiger partial charge in [0, 0.05) is 18.8 Å². The smallest absolute Gasteiger partial charge is 0.228 e. The molecule has 1 saturated carbocycles. The zero-order valence-electron chi connectivity index (χ0n) is 12.3. The van der Waals surface area contributed by atoms with Gasteiger partial charge in [-0.15, -0.1) is 0 Å². The fourth-order valence-electron chi connectivity index (χ4n) is 3.41. The monoisotopic (exact) mass is 273 g/mol. The van der Waals surface area contributed by atoms with Gasteiger partial charge in [0.15, 0.2) is 0 Å². The summed E-state index contributed by atoms with van der Waals surface area (Å²) < 4.78 is 0. The summed E-state index contributed by atoms with van der Waals surface area (Å²) in [6.07, 6.45) is 5.47. The molecule has 3 rings (SSSR count). The molecule has 4 heteroatoms. The number of rotatable bonds is 2. The lowest BCUT2D eigenvalue weighted by Gasteiger charge is -2.35. The van der Waals surface area contributed by atoms with Gasteiger partial charge in [-0.1, -0.05) is 6.92 Å². The van der Waals surface area contributed by atoms with Gasteiger partial charge in [0.2, 0.25) is 5.91 Å². The highest BCUT2D eigenvalue weighted by atomic mass is 16.1. The molecule has 1 fully saturated rings. The number of anilines is 3. The number of nitrogens with zero attached hydrogens (tertiary/aromatic N) is 1. The second-order valence-corrected chi connectivity index (χ2v) is 6.32. The fraction of sp³-hybridized carbons (Fsp3) is 0.562. The molecule has 1 aromatic rings. The molecule has 3 N–H and O–H groups in total. The molecule has 1 amide bonds. The first-order valence-electron chi connectivity index (χ1n) is 7.49. The highest BCUT2D eigenvalue weighted by Gasteiger charge is 2.25. The van der Waals surface area contributed by atoms with Crippen molar-refractivity contribution in [2.75, 3.05) is 23.0 Å². The van der Waals surface area contributed by atoms with E-state index in [4.69, 9.17) is 5.73 Å². The maximum atomic E-state index is 11.5. The Kier molecular flexibility index (Phi) is 3.32. The van der Waals surface area contributed by atoms with Gasteiger partial charge in [0.25, 0.3) is 0 Å². The van der Waals surface area contributed by atoms with E-state index < -0.39 is 0 Å². The van der Waals surface area contributed by atoms with E-state index in [1.54, 1.807) is 0 Å². The maximum absolute atomic E-state index is 11.5. The summed E-state index contributed by atoms with van der Waals surface area (Å²) in [5.74, 6) is 0.905. The third kappa shape index (κ3) is 2.35. The summed E-state index contributed by atoms with van der Waals surface area (Å²) in [6, 6.07) is 4.54. The first-order valence-corrected chi connectivity index (χ1v) is 7.49. The lowest BCUT2D eigenvalue weighted by molar-refractivity contribution is -0.115. The Labute approximate surface area is 120 Å². The predicted molar refractivity (Wildman–Crippen MR) is 83.0 cm³/mol. The van der Waals surface area contributed by atoms with E-state index >= 15 is 0 Å². The topological polar surface area (TPSA) is 58.4 Å². The Morgan fingerprint density at radius 2 is 1.95 bits per heavy atom. The van der Waals surface area contributed by atoms with Gasteiger partial charge in [0.1, 0.15) is 0 Å². The molecule has 0 aromatic heterocycles. The van der Waals surface area contributed by atoms with Crippen molar-refractivity contribution in [2.24, 2.45) is 5.92 Å². The largest absolute Gasteiger partial charge is 0.397 e. The number of nitrogens with one attached hydrogen (secondary N) is 1. The van der Waals surface area contributed by atoms with Crippen molar-refractivity contribution in [3.05, 3.63) is 17.7 Å². The molecule has 108 valence electrons. The first kappa shape index (κ1) is 13.3. The van der Waals surface area contributed by atoms with Gasteiger partial charge in [-0.3, -0.25) is 4.79 Å². The molecule has 0 radical (unpaired) electrons. The van der Waals surface area contributed by atoms with Crippen LogP contribution < -0.4 is 16.0 Å². The van der Waals surface area contributed by atoms with Crippen LogP contribution in [0, 0.1) is 5.92 Å². The molecule has 0 bridgehead atoms. The van der Waals surface area contributed by atoms with Crippen LogP contribution in [0.1, 0.15) is 38.2 Å². The average molecular weight is 273 g/mol. The first-order chi connectivity index (χ1) is 9.54. The molecule has 20 heavy (non-hydrogen) atoms. The van der Waals surface area contributed by atoms with Gasteiger partial charge >= 0.3 is 0 Å². The SMILES string of the molecule is CC1CCC(N(C)c2cc3c(cc2N)CC(=O)N3)CC1. The van der Waals surface area contributed by atoms with Gasteiger partial charge in [-0.25, -0.2) is 0 Å². The van der Waals surface area contributed by atoms with Crippen LogP contribution in [0.2, 0.25) is 0 Å². The van der Waals surface area contributed by atoms with Gasteiger partial charge in [0.05, 0.1) is 17.8 Å². The molecule has 0 atom stereocenters. The van der Waals surface area contributed by atoms with Crippen LogP contribution >= 0.6 is 0 Å². The zero-order chi connectivity index (χ0) is 14.3. The van der Waals surface area contributed by atoms with E-state index in [1.807, 2.05) is 12.1 Å². The Bertz CT molecular complexity index is 533. The third-order valence-corrected chi connectivity index (χ3v) is 4.79. The van der Waals surface area contributed by atoms with Crippen molar-refractivity contribution in [3.8, 4) is 0 Å². The minimum absolute atomic E-state index is 0.0608. The van der Waals surface area contributed by atoms with Gasteiger partial charge in [-0.05, 0) is 49.3 Å². The number of carbonyl (C=O) groups is 1. The molecule has 1 aliphatic heterocycles. The fourth-order valence-corrected chi connectivity index (χ4v) is 3.41. The number of hydrogen-bond acceptors (Lipinski definition) is 3. The molecule has 1 aromatic carbocycles. The Morgan fingerprint density at radius 1 is 1.25 bits per heavy atom. The van der Waals surface area contributed by atoms with Crippen molar-refractivity contribution in [2.45, 2.75) is 45.1 Å². The summed E-state index contributed by atoms with van der Waals surface area (Å²) in [5.41, 5.74) is 9.96. The summed E-state index contributed by atoms with van der Waals surface area (Å²) in [4.78, 5) is 13.8. The molecule has 0 spiro atoms. The summed E-state index contributed by atoms with van der Waals surface area (Å²) >= 11 is 0. The number of amides is 1. The number of carbonyl (C=O) groups excluding carboxylic acids is 1. The van der Waals surface area contributed by atoms with Crippen molar-refractivity contribution >= 4 is 23.0 Å². The van der Waals surface area contributed by atoms with Crippen LogP contribution in [0.5, 0.6) is 0 Å². The van der Waals surface area contributed by atoms with Crippen molar-refractivity contribution < 1.29 is 4.79 Å². The van der Waals surface area contributed by atoms with Crippen LogP contribution in [-0.2, 0) is 11.2 Å².